The second-order valence-corrected chi connectivity index (χ2v) is 8.33. The highest BCUT2D eigenvalue weighted by Gasteiger charge is 2.29. The van der Waals surface area contributed by atoms with Crippen molar-refractivity contribution in [1.82, 2.24) is 0 Å². The van der Waals surface area contributed by atoms with Gasteiger partial charge in [-0.1, -0.05) is 46.5 Å². The fourth-order valence-corrected chi connectivity index (χ4v) is 3.53. The van der Waals surface area contributed by atoms with Crippen molar-refractivity contribution < 1.29 is 14.9 Å². The second-order valence-electron chi connectivity index (χ2n) is 8.33. The lowest BCUT2D eigenvalue weighted by Gasteiger charge is -2.30. The van der Waals surface area contributed by atoms with Crippen molar-refractivity contribution in [2.75, 3.05) is 6.54 Å². The standard InChI is InChI=1S/C22H35NO3/c1-6-7-8-9-10-22(4,5)17-12-19(25)21-18(23-14-15(2)24)11-16(3)26-20(21)13-17/h12-13,15-16,24-25H,6-11,14H2,1-5H3. The number of aliphatic imine (C=N–C) groups is 1. The Balaban J connectivity index is 2.30. The van der Waals surface area contributed by atoms with Gasteiger partial charge in [0.15, 0.2) is 0 Å². The van der Waals surface area contributed by atoms with E-state index >= 15 is 0 Å². The van der Waals surface area contributed by atoms with Crippen LogP contribution in [-0.2, 0) is 5.41 Å². The van der Waals surface area contributed by atoms with Gasteiger partial charge in [-0.15, -0.1) is 0 Å². The third kappa shape index (κ3) is 5.23. The minimum Gasteiger partial charge on any atom is -0.507 e. The van der Waals surface area contributed by atoms with Crippen molar-refractivity contribution in [3.63, 3.8) is 0 Å². The summed E-state index contributed by atoms with van der Waals surface area (Å²) < 4.78 is 6.03. The van der Waals surface area contributed by atoms with E-state index in [1.165, 1.54) is 25.7 Å². The number of phenolic OH excluding ortho intramolecular Hbond substituents is 1. The molecule has 0 aliphatic carbocycles. The molecule has 2 rings (SSSR count). The van der Waals surface area contributed by atoms with Crippen LogP contribution in [0, 0.1) is 0 Å². The predicted molar refractivity (Wildman–Crippen MR) is 108 cm³/mol. The molecule has 26 heavy (non-hydrogen) atoms. The van der Waals surface area contributed by atoms with Crippen molar-refractivity contribution >= 4 is 5.71 Å². The van der Waals surface area contributed by atoms with Crippen LogP contribution in [0.2, 0.25) is 0 Å². The van der Waals surface area contributed by atoms with E-state index in [2.05, 4.69) is 31.8 Å². The normalized spacial score (nSPS) is 19.9. The number of unbranched alkanes of at least 4 members (excludes halogenated alkanes) is 3. The van der Waals surface area contributed by atoms with Crippen LogP contribution in [0.3, 0.4) is 0 Å². The fraction of sp³-hybridized carbons (Fsp3) is 0.682. The highest BCUT2D eigenvalue weighted by molar-refractivity contribution is 6.06. The van der Waals surface area contributed by atoms with Gasteiger partial charge < -0.3 is 14.9 Å². The minimum absolute atomic E-state index is 0.0116. The Morgan fingerprint density at radius 2 is 2.00 bits per heavy atom. The molecule has 0 saturated heterocycles. The lowest BCUT2D eigenvalue weighted by molar-refractivity contribution is 0.202. The average molecular weight is 362 g/mol. The first-order valence-corrected chi connectivity index (χ1v) is 10.0. The SMILES string of the molecule is CCCCCCC(C)(C)c1cc(O)c2c(c1)OC(C)CC2=NCC(C)O. The van der Waals surface area contributed by atoms with Crippen LogP contribution >= 0.6 is 0 Å². The number of aromatic hydroxyl groups is 1. The molecule has 4 heteroatoms. The molecule has 1 aromatic rings. The molecular formula is C22H35NO3. The molecule has 2 N–H and O–H groups in total. The van der Waals surface area contributed by atoms with Crippen molar-refractivity contribution in [3.05, 3.63) is 23.3 Å². The topological polar surface area (TPSA) is 62.0 Å². The third-order valence-corrected chi connectivity index (χ3v) is 5.16. The van der Waals surface area contributed by atoms with Crippen LogP contribution in [-0.4, -0.2) is 34.7 Å². The molecular weight excluding hydrogens is 326 g/mol. The molecule has 1 heterocycles. The Bertz CT molecular complexity index is 635. The minimum atomic E-state index is -0.493. The van der Waals surface area contributed by atoms with Gasteiger partial charge in [-0.25, -0.2) is 0 Å². The summed E-state index contributed by atoms with van der Waals surface area (Å²) in [6.45, 7) is 10.8. The van der Waals surface area contributed by atoms with E-state index in [4.69, 9.17) is 4.74 Å². The van der Waals surface area contributed by atoms with Crippen LogP contribution in [0.25, 0.3) is 0 Å². The lowest BCUT2D eigenvalue weighted by atomic mass is 9.79. The van der Waals surface area contributed by atoms with E-state index in [0.29, 0.717) is 24.3 Å². The summed E-state index contributed by atoms with van der Waals surface area (Å²) in [4.78, 5) is 4.52. The quantitative estimate of drug-likeness (QED) is 0.642. The number of hydrogen-bond acceptors (Lipinski definition) is 4. The zero-order chi connectivity index (χ0) is 19.3. The molecule has 4 nitrogen and oxygen atoms in total. The van der Waals surface area contributed by atoms with E-state index in [-0.39, 0.29) is 17.3 Å². The summed E-state index contributed by atoms with van der Waals surface area (Å²) in [7, 11) is 0. The molecule has 146 valence electrons. The first-order valence-electron chi connectivity index (χ1n) is 10.0. The van der Waals surface area contributed by atoms with Crippen molar-refractivity contribution in [2.24, 2.45) is 4.99 Å². The summed E-state index contributed by atoms with van der Waals surface area (Å²) >= 11 is 0. The maximum absolute atomic E-state index is 10.7. The van der Waals surface area contributed by atoms with Crippen LogP contribution in [0.4, 0.5) is 0 Å². The van der Waals surface area contributed by atoms with E-state index in [9.17, 15) is 10.2 Å². The molecule has 0 spiro atoms. The smallest absolute Gasteiger partial charge is 0.132 e. The predicted octanol–water partition coefficient (Wildman–Crippen LogP) is 4.98. The van der Waals surface area contributed by atoms with Crippen molar-refractivity contribution in [1.29, 1.82) is 0 Å². The van der Waals surface area contributed by atoms with Crippen LogP contribution in [0.15, 0.2) is 17.1 Å². The largest absolute Gasteiger partial charge is 0.507 e. The summed E-state index contributed by atoms with van der Waals surface area (Å²) in [6, 6.07) is 3.94. The molecule has 0 fully saturated rings. The van der Waals surface area contributed by atoms with Crippen LogP contribution in [0.1, 0.15) is 84.3 Å². The summed E-state index contributed by atoms with van der Waals surface area (Å²) in [6.07, 6.45) is 6.20. The van der Waals surface area contributed by atoms with Crippen LogP contribution < -0.4 is 4.74 Å². The summed E-state index contributed by atoms with van der Waals surface area (Å²) in [5, 5.41) is 20.2. The molecule has 0 aromatic heterocycles. The third-order valence-electron chi connectivity index (χ3n) is 5.16. The number of fused-ring (bicyclic) bond motifs is 1. The monoisotopic (exact) mass is 361 g/mol. The van der Waals surface area contributed by atoms with Crippen molar-refractivity contribution in [2.45, 2.75) is 90.8 Å². The Kier molecular flexibility index (Phi) is 7.10. The average Bonchev–Trinajstić information content (AvgIpc) is 2.55. The van der Waals surface area contributed by atoms with Gasteiger partial charge in [-0.3, -0.25) is 4.99 Å². The van der Waals surface area contributed by atoms with Gasteiger partial charge in [0.1, 0.15) is 17.6 Å². The van der Waals surface area contributed by atoms with Gasteiger partial charge >= 0.3 is 0 Å². The molecule has 1 aromatic carbocycles. The van der Waals surface area contributed by atoms with E-state index in [0.717, 1.165) is 17.7 Å². The van der Waals surface area contributed by atoms with Gasteiger partial charge in [0.05, 0.1) is 23.9 Å². The second kappa shape index (κ2) is 8.90. The van der Waals surface area contributed by atoms with Crippen molar-refractivity contribution in [3.8, 4) is 11.5 Å². The van der Waals surface area contributed by atoms with Crippen LogP contribution in [0.5, 0.6) is 11.5 Å². The number of hydrogen-bond donors (Lipinski definition) is 2. The van der Waals surface area contributed by atoms with E-state index < -0.39 is 6.10 Å². The highest BCUT2D eigenvalue weighted by atomic mass is 16.5. The Morgan fingerprint density at radius 3 is 2.65 bits per heavy atom. The number of nitrogens with zero attached hydrogens (tertiary/aromatic N) is 1. The number of benzene rings is 1. The van der Waals surface area contributed by atoms with Gasteiger partial charge in [0.25, 0.3) is 0 Å². The molecule has 1 aliphatic rings. The number of aliphatic hydroxyl groups is 1. The summed E-state index contributed by atoms with van der Waals surface area (Å²) in [5.41, 5.74) is 2.61. The molecule has 0 bridgehead atoms. The number of ether oxygens (including phenoxy) is 1. The van der Waals surface area contributed by atoms with Gasteiger partial charge in [0.2, 0.25) is 0 Å². The molecule has 2 unspecified atom stereocenters. The van der Waals surface area contributed by atoms with E-state index in [1.54, 1.807) is 6.92 Å². The van der Waals surface area contributed by atoms with Gasteiger partial charge in [0, 0.05) is 6.42 Å². The molecule has 1 aliphatic heterocycles. The first kappa shape index (κ1) is 20.8. The lowest BCUT2D eigenvalue weighted by Crippen LogP contribution is -2.26. The fourth-order valence-electron chi connectivity index (χ4n) is 3.53. The number of rotatable bonds is 8. The molecule has 2 atom stereocenters. The molecule has 0 amide bonds. The number of aliphatic hydroxyl groups excluding tert-OH is 1. The number of phenols is 1. The molecule has 0 saturated carbocycles. The van der Waals surface area contributed by atoms with Gasteiger partial charge in [-0.05, 0) is 43.4 Å². The maximum Gasteiger partial charge on any atom is 0.132 e. The van der Waals surface area contributed by atoms with E-state index in [1.807, 2.05) is 13.0 Å². The molecule has 0 radical (unpaired) electrons. The maximum atomic E-state index is 10.7. The first-order chi connectivity index (χ1) is 12.2. The Labute approximate surface area is 158 Å². The highest BCUT2D eigenvalue weighted by Crippen LogP contribution is 2.40. The Morgan fingerprint density at radius 1 is 1.27 bits per heavy atom. The summed E-state index contributed by atoms with van der Waals surface area (Å²) in [5.74, 6) is 0.945. The zero-order valence-electron chi connectivity index (χ0n) is 17.0. The Hall–Kier alpha value is -1.55. The zero-order valence-corrected chi connectivity index (χ0v) is 17.0. The van der Waals surface area contributed by atoms with Gasteiger partial charge in [-0.2, -0.15) is 0 Å².